The lowest BCUT2D eigenvalue weighted by molar-refractivity contribution is 0.0909. The molecule has 3 heterocycles. The molecular weight excluding hydrogens is 320 g/mol. The number of amides is 1. The maximum atomic E-state index is 12.5. The van der Waals surface area contributed by atoms with Gasteiger partial charge in [-0.15, -0.1) is 11.3 Å². The second-order valence-electron chi connectivity index (χ2n) is 6.89. The van der Waals surface area contributed by atoms with Gasteiger partial charge in [0, 0.05) is 24.7 Å². The summed E-state index contributed by atoms with van der Waals surface area (Å²) in [6.07, 6.45) is 2.39. The Morgan fingerprint density at radius 2 is 2.12 bits per heavy atom. The van der Waals surface area contributed by atoms with Gasteiger partial charge in [-0.25, -0.2) is 0 Å². The first-order valence-corrected chi connectivity index (χ1v) is 9.40. The fourth-order valence-corrected chi connectivity index (χ4v) is 4.45. The average molecular weight is 342 g/mol. The van der Waals surface area contributed by atoms with Gasteiger partial charge in [-0.2, -0.15) is 0 Å². The number of nitrogens with zero attached hydrogens (tertiary/aromatic N) is 1. The van der Waals surface area contributed by atoms with Crippen molar-refractivity contribution >= 4 is 17.2 Å². The Morgan fingerprint density at radius 1 is 1.29 bits per heavy atom. The van der Waals surface area contributed by atoms with E-state index < -0.39 is 0 Å². The Hall–Kier alpha value is -1.85. The Morgan fingerprint density at radius 3 is 2.83 bits per heavy atom. The number of thiophene rings is 1. The first-order valence-electron chi connectivity index (χ1n) is 8.52. The number of hydrogen-bond acceptors (Lipinski definition) is 4. The highest BCUT2D eigenvalue weighted by Crippen LogP contribution is 2.29. The second-order valence-corrected chi connectivity index (χ2v) is 7.76. The molecule has 126 valence electrons. The van der Waals surface area contributed by atoms with Crippen LogP contribution >= 0.6 is 11.3 Å². The predicted octanol–water partition coefficient (Wildman–Crippen LogP) is 3.67. The summed E-state index contributed by atoms with van der Waals surface area (Å²) in [6, 6.07) is 9.68. The van der Waals surface area contributed by atoms with Gasteiger partial charge in [-0.3, -0.25) is 4.79 Å². The summed E-state index contributed by atoms with van der Waals surface area (Å²) in [6.45, 7) is 5.43. The van der Waals surface area contributed by atoms with E-state index in [1.165, 1.54) is 25.1 Å². The predicted molar refractivity (Wildman–Crippen MR) is 96.0 cm³/mol. The van der Waals surface area contributed by atoms with Crippen LogP contribution in [0.25, 0.3) is 0 Å². The Kier molecular flexibility index (Phi) is 4.29. The molecule has 1 aromatic heterocycles. The zero-order valence-corrected chi connectivity index (χ0v) is 14.6. The van der Waals surface area contributed by atoms with Crippen LogP contribution in [0.3, 0.4) is 0 Å². The van der Waals surface area contributed by atoms with Crippen LogP contribution in [0.4, 0.5) is 0 Å². The first-order chi connectivity index (χ1) is 11.7. The molecule has 3 atom stereocenters. The molecule has 0 aliphatic carbocycles. The number of benzene rings is 1. The first kappa shape index (κ1) is 15.7. The van der Waals surface area contributed by atoms with Crippen LogP contribution in [0.5, 0.6) is 10.8 Å². The normalized spacial score (nSPS) is 25.5. The maximum Gasteiger partial charge on any atom is 0.251 e. The fourth-order valence-electron chi connectivity index (χ4n) is 3.68. The average Bonchev–Trinajstić information content (AvgIpc) is 3.13. The number of hydrogen-bond donors (Lipinski definition) is 1. The Balaban J connectivity index is 1.36. The van der Waals surface area contributed by atoms with Crippen molar-refractivity contribution in [2.24, 2.45) is 5.92 Å². The van der Waals surface area contributed by atoms with E-state index in [9.17, 15) is 4.79 Å². The quantitative estimate of drug-likeness (QED) is 0.922. The van der Waals surface area contributed by atoms with Gasteiger partial charge in [0.25, 0.3) is 5.91 Å². The number of ether oxygens (including phenoxy) is 1. The van der Waals surface area contributed by atoms with E-state index in [1.54, 1.807) is 11.3 Å². The molecule has 24 heavy (non-hydrogen) atoms. The van der Waals surface area contributed by atoms with E-state index in [0.29, 0.717) is 5.56 Å². The van der Waals surface area contributed by atoms with Crippen LogP contribution in [-0.4, -0.2) is 36.5 Å². The van der Waals surface area contributed by atoms with Gasteiger partial charge in [0.15, 0.2) is 5.06 Å². The third-order valence-electron chi connectivity index (χ3n) is 4.84. The SMILES string of the molecule is Cc1csc(Oc2ccc(C(=O)NC3CC4CCN(C4)C3)cc2)c1. The molecule has 0 radical (unpaired) electrons. The van der Waals surface area contributed by atoms with E-state index in [2.05, 4.69) is 15.6 Å². The van der Waals surface area contributed by atoms with E-state index in [1.807, 2.05) is 37.3 Å². The lowest BCUT2D eigenvalue weighted by Crippen LogP contribution is -2.46. The summed E-state index contributed by atoms with van der Waals surface area (Å²) in [7, 11) is 0. The van der Waals surface area contributed by atoms with Crippen molar-refractivity contribution in [3.05, 3.63) is 46.8 Å². The van der Waals surface area contributed by atoms with Crippen molar-refractivity contribution < 1.29 is 9.53 Å². The molecule has 1 amide bonds. The van der Waals surface area contributed by atoms with Gasteiger partial charge in [-0.1, -0.05) is 0 Å². The highest BCUT2D eigenvalue weighted by atomic mass is 32.1. The molecule has 1 aromatic carbocycles. The van der Waals surface area contributed by atoms with Crippen LogP contribution < -0.4 is 10.1 Å². The molecule has 2 aliphatic rings. The molecule has 2 bridgehead atoms. The van der Waals surface area contributed by atoms with Crippen molar-refractivity contribution in [1.82, 2.24) is 10.2 Å². The van der Waals surface area contributed by atoms with Gasteiger partial charge < -0.3 is 15.0 Å². The van der Waals surface area contributed by atoms with Gasteiger partial charge >= 0.3 is 0 Å². The molecule has 0 saturated carbocycles. The zero-order valence-electron chi connectivity index (χ0n) is 13.8. The smallest absolute Gasteiger partial charge is 0.251 e. The second kappa shape index (κ2) is 6.57. The van der Waals surface area contributed by atoms with Crippen LogP contribution in [0, 0.1) is 12.8 Å². The van der Waals surface area contributed by atoms with Crippen LogP contribution in [0.15, 0.2) is 35.7 Å². The summed E-state index contributed by atoms with van der Waals surface area (Å²) < 4.78 is 5.80. The molecule has 1 N–H and O–H groups in total. The number of piperidine rings is 1. The molecule has 5 heteroatoms. The van der Waals surface area contributed by atoms with Gasteiger partial charge in [0.2, 0.25) is 0 Å². The third-order valence-corrected chi connectivity index (χ3v) is 5.77. The van der Waals surface area contributed by atoms with Crippen molar-refractivity contribution in [2.75, 3.05) is 19.6 Å². The monoisotopic (exact) mass is 342 g/mol. The highest BCUT2D eigenvalue weighted by molar-refractivity contribution is 7.12. The number of carbonyl (C=O) groups is 1. The van der Waals surface area contributed by atoms with Gasteiger partial charge in [0.1, 0.15) is 5.75 Å². The van der Waals surface area contributed by atoms with Crippen molar-refractivity contribution in [3.63, 3.8) is 0 Å². The lowest BCUT2D eigenvalue weighted by Gasteiger charge is -2.30. The van der Waals surface area contributed by atoms with E-state index >= 15 is 0 Å². The summed E-state index contributed by atoms with van der Waals surface area (Å²) in [5.74, 6) is 1.53. The largest absolute Gasteiger partial charge is 0.447 e. The van der Waals surface area contributed by atoms with Crippen molar-refractivity contribution in [3.8, 4) is 10.8 Å². The molecular formula is C19H22N2O2S. The summed E-state index contributed by atoms with van der Waals surface area (Å²) in [5, 5.41) is 6.12. The standard InChI is InChI=1S/C19H22N2O2S/c1-13-8-18(24-12-13)23-17-4-2-15(3-5-17)19(22)20-16-9-14-6-7-21(10-14)11-16/h2-5,8,12,14,16H,6-7,9-11H2,1H3,(H,20,22). The van der Waals surface area contributed by atoms with Crippen LogP contribution in [0.1, 0.15) is 28.8 Å². The maximum absolute atomic E-state index is 12.5. The molecule has 4 rings (SSSR count). The third kappa shape index (κ3) is 3.47. The number of nitrogens with one attached hydrogen (secondary N) is 1. The summed E-state index contributed by atoms with van der Waals surface area (Å²) >= 11 is 1.58. The zero-order chi connectivity index (χ0) is 16.5. The summed E-state index contributed by atoms with van der Waals surface area (Å²) in [4.78, 5) is 14.9. The molecule has 2 aliphatic heterocycles. The minimum absolute atomic E-state index is 0.0148. The number of carbonyl (C=O) groups excluding carboxylic acids is 1. The van der Waals surface area contributed by atoms with Gasteiger partial charge in [-0.05, 0) is 73.5 Å². The van der Waals surface area contributed by atoms with Crippen molar-refractivity contribution in [1.29, 1.82) is 0 Å². The minimum atomic E-state index is 0.0148. The van der Waals surface area contributed by atoms with Crippen molar-refractivity contribution in [2.45, 2.75) is 25.8 Å². The topological polar surface area (TPSA) is 41.6 Å². The molecule has 3 unspecified atom stereocenters. The Labute approximate surface area is 146 Å². The van der Waals surface area contributed by atoms with E-state index in [4.69, 9.17) is 4.74 Å². The van der Waals surface area contributed by atoms with Gasteiger partial charge in [0.05, 0.1) is 0 Å². The number of aryl methyl sites for hydroxylation is 1. The lowest BCUT2D eigenvalue weighted by atomic mass is 9.96. The number of rotatable bonds is 4. The molecule has 4 nitrogen and oxygen atoms in total. The summed E-state index contributed by atoms with van der Waals surface area (Å²) in [5.41, 5.74) is 1.89. The molecule has 0 spiro atoms. The molecule has 2 aromatic rings. The fraction of sp³-hybridized carbons (Fsp3) is 0.421. The Bertz CT molecular complexity index is 713. The highest BCUT2D eigenvalue weighted by Gasteiger charge is 2.32. The van der Waals surface area contributed by atoms with E-state index in [0.717, 1.165) is 29.7 Å². The van der Waals surface area contributed by atoms with E-state index in [-0.39, 0.29) is 11.9 Å². The molecule has 2 saturated heterocycles. The minimum Gasteiger partial charge on any atom is -0.447 e. The van der Waals surface area contributed by atoms with Crippen LogP contribution in [-0.2, 0) is 0 Å². The number of fused-ring (bicyclic) bond motifs is 2. The molecule has 2 fully saturated rings. The van der Waals surface area contributed by atoms with Crippen LogP contribution in [0.2, 0.25) is 0 Å².